The van der Waals surface area contributed by atoms with Crippen molar-refractivity contribution in [3.63, 3.8) is 0 Å². The van der Waals surface area contributed by atoms with Gasteiger partial charge in [0.2, 0.25) is 5.43 Å². The predicted molar refractivity (Wildman–Crippen MR) is 108 cm³/mol. The van der Waals surface area contributed by atoms with E-state index in [9.17, 15) is 18.4 Å². The molecule has 1 aliphatic heterocycles. The Labute approximate surface area is 175 Å². The summed E-state index contributed by atoms with van der Waals surface area (Å²) in [4.78, 5) is 30.1. The molecule has 3 aromatic rings. The number of halogens is 2. The lowest BCUT2D eigenvalue weighted by Gasteiger charge is -2.14. The second kappa shape index (κ2) is 7.95. The van der Waals surface area contributed by atoms with Crippen molar-refractivity contribution in [2.45, 2.75) is 26.3 Å². The molecule has 2 aromatic heterocycles. The first kappa shape index (κ1) is 20.7. The van der Waals surface area contributed by atoms with Gasteiger partial charge in [0.15, 0.2) is 11.5 Å². The van der Waals surface area contributed by atoms with Crippen molar-refractivity contribution in [1.82, 2.24) is 20.2 Å². The smallest absolute Gasteiger partial charge is 0.395 e. The number of rotatable bonds is 6. The molecule has 1 amide bonds. The number of ether oxygens (including phenoxy) is 2. The number of carbonyl (C=O) groups excluding carboxylic acids is 1. The number of benzene rings is 1. The first-order chi connectivity index (χ1) is 14.8. The van der Waals surface area contributed by atoms with Gasteiger partial charge in [-0.1, -0.05) is 6.07 Å². The number of likely N-dealkylation sites (N-methyl/N-ethyl adjacent to an activating group) is 1. The molecule has 0 saturated carbocycles. The normalized spacial score (nSPS) is 14.1. The molecule has 1 aliphatic rings. The summed E-state index contributed by atoms with van der Waals surface area (Å²) in [6, 6.07) is 7.93. The Balaban J connectivity index is 1.73. The summed E-state index contributed by atoms with van der Waals surface area (Å²) in [6.07, 6.45) is -2.39. The van der Waals surface area contributed by atoms with E-state index in [0.29, 0.717) is 24.3 Å². The average Bonchev–Trinajstić information content (AvgIpc) is 3.03. The van der Waals surface area contributed by atoms with E-state index in [-0.39, 0.29) is 29.0 Å². The Kier molecular flexibility index (Phi) is 5.32. The van der Waals surface area contributed by atoms with Crippen LogP contribution in [0.2, 0.25) is 0 Å². The van der Waals surface area contributed by atoms with Gasteiger partial charge in [-0.15, -0.1) is 8.78 Å². The molecule has 0 spiro atoms. The van der Waals surface area contributed by atoms with Gasteiger partial charge in [-0.3, -0.25) is 14.6 Å². The van der Waals surface area contributed by atoms with Crippen molar-refractivity contribution < 1.29 is 23.0 Å². The van der Waals surface area contributed by atoms with Gasteiger partial charge in [-0.25, -0.2) is 0 Å². The Morgan fingerprint density at radius 2 is 1.97 bits per heavy atom. The van der Waals surface area contributed by atoms with Crippen LogP contribution in [-0.2, 0) is 13.1 Å². The largest absolute Gasteiger partial charge is 0.586 e. The van der Waals surface area contributed by atoms with Crippen LogP contribution >= 0.6 is 0 Å². The number of hydrogen-bond acceptors (Lipinski definition) is 6. The zero-order valence-corrected chi connectivity index (χ0v) is 16.9. The van der Waals surface area contributed by atoms with E-state index in [1.54, 1.807) is 17.7 Å². The lowest BCUT2D eigenvalue weighted by molar-refractivity contribution is -0.286. The van der Waals surface area contributed by atoms with Gasteiger partial charge < -0.3 is 24.7 Å². The minimum atomic E-state index is -3.81. The van der Waals surface area contributed by atoms with Crippen LogP contribution in [0.1, 0.15) is 21.7 Å². The molecule has 0 bridgehead atoms. The lowest BCUT2D eigenvalue weighted by Crippen LogP contribution is -2.30. The van der Waals surface area contributed by atoms with Crippen molar-refractivity contribution >= 4 is 16.8 Å². The van der Waals surface area contributed by atoms with Gasteiger partial charge in [-0.05, 0) is 32.2 Å². The fourth-order valence-electron chi connectivity index (χ4n) is 3.38. The number of amides is 1. The summed E-state index contributed by atoms with van der Waals surface area (Å²) in [5.74, 6) is -1.01. The topological polar surface area (TPSA) is 94.5 Å². The quantitative estimate of drug-likeness (QED) is 0.623. The number of fused-ring (bicyclic) bond motifs is 2. The van der Waals surface area contributed by atoms with Crippen molar-refractivity contribution in [3.8, 4) is 11.5 Å². The molecule has 10 heteroatoms. The SMILES string of the molecule is CNCCn1cc(C(=O)NCc2cccc(C)n2)c(=O)c2cc3c(cc21)OC(F)(F)O3. The summed E-state index contributed by atoms with van der Waals surface area (Å²) >= 11 is 0. The molecular weight excluding hydrogens is 410 g/mol. The lowest BCUT2D eigenvalue weighted by atomic mass is 10.1. The van der Waals surface area contributed by atoms with Gasteiger partial charge in [0.1, 0.15) is 5.56 Å². The monoisotopic (exact) mass is 430 g/mol. The minimum Gasteiger partial charge on any atom is -0.395 e. The van der Waals surface area contributed by atoms with Crippen molar-refractivity contribution in [1.29, 1.82) is 0 Å². The summed E-state index contributed by atoms with van der Waals surface area (Å²) in [6.45, 7) is 2.89. The maximum Gasteiger partial charge on any atom is 0.586 e. The van der Waals surface area contributed by atoms with Gasteiger partial charge in [-0.2, -0.15) is 0 Å². The first-order valence-electron chi connectivity index (χ1n) is 9.60. The second-order valence-electron chi connectivity index (χ2n) is 7.11. The van der Waals surface area contributed by atoms with Crippen molar-refractivity contribution in [2.24, 2.45) is 0 Å². The summed E-state index contributed by atoms with van der Waals surface area (Å²) in [5.41, 5.74) is 1.11. The third-order valence-electron chi connectivity index (χ3n) is 4.83. The highest BCUT2D eigenvalue weighted by Crippen LogP contribution is 2.42. The number of nitrogens with one attached hydrogen (secondary N) is 2. The Bertz CT molecular complexity index is 1230. The molecule has 0 aliphatic carbocycles. The Hall–Kier alpha value is -3.53. The van der Waals surface area contributed by atoms with Crippen LogP contribution in [-0.4, -0.2) is 35.3 Å². The van der Waals surface area contributed by atoms with Crippen LogP contribution in [0.15, 0.2) is 41.3 Å². The molecule has 4 rings (SSSR count). The predicted octanol–water partition coefficient (Wildman–Crippen LogP) is 2.18. The van der Waals surface area contributed by atoms with E-state index in [1.165, 1.54) is 18.3 Å². The zero-order chi connectivity index (χ0) is 22.2. The van der Waals surface area contributed by atoms with Crippen LogP contribution in [0, 0.1) is 6.92 Å². The fraction of sp³-hybridized carbons (Fsp3) is 0.286. The van der Waals surface area contributed by atoms with Crippen LogP contribution < -0.4 is 25.5 Å². The van der Waals surface area contributed by atoms with Crippen LogP contribution in [0.3, 0.4) is 0 Å². The van der Waals surface area contributed by atoms with E-state index in [4.69, 9.17) is 0 Å². The van der Waals surface area contributed by atoms with Gasteiger partial charge in [0, 0.05) is 31.0 Å². The van der Waals surface area contributed by atoms with Crippen molar-refractivity contribution in [2.75, 3.05) is 13.6 Å². The van der Waals surface area contributed by atoms with Crippen molar-refractivity contribution in [3.05, 3.63) is 63.7 Å². The highest BCUT2D eigenvalue weighted by atomic mass is 19.3. The maximum absolute atomic E-state index is 13.5. The number of pyridine rings is 2. The van der Waals surface area contributed by atoms with Crippen LogP contribution in [0.4, 0.5) is 8.78 Å². The minimum absolute atomic E-state index is 0.0810. The Morgan fingerprint density at radius 1 is 1.23 bits per heavy atom. The fourth-order valence-corrected chi connectivity index (χ4v) is 3.38. The van der Waals surface area contributed by atoms with E-state index in [0.717, 1.165) is 5.69 Å². The molecule has 162 valence electrons. The number of alkyl halides is 2. The summed E-state index contributed by atoms with van der Waals surface area (Å²) < 4.78 is 37.6. The highest BCUT2D eigenvalue weighted by molar-refractivity contribution is 5.97. The standard InChI is InChI=1S/C21H20F2N4O4/c1-12-4-3-5-13(26-12)10-25-20(29)15-11-27(7-6-24-2)16-9-18-17(8-14(16)19(15)28)30-21(22,23)31-18/h3-5,8-9,11,24H,6-7,10H2,1-2H3,(H,25,29). The molecular formula is C21H20F2N4O4. The number of carbonyl (C=O) groups is 1. The second-order valence-corrected chi connectivity index (χ2v) is 7.11. The Morgan fingerprint density at radius 3 is 2.68 bits per heavy atom. The highest BCUT2D eigenvalue weighted by Gasteiger charge is 2.43. The van der Waals surface area contributed by atoms with Crippen LogP contribution in [0.25, 0.3) is 10.9 Å². The molecule has 0 atom stereocenters. The number of aromatic nitrogens is 2. The van der Waals surface area contributed by atoms with E-state index in [2.05, 4.69) is 25.1 Å². The third kappa shape index (κ3) is 4.19. The number of aryl methyl sites for hydroxylation is 1. The molecule has 31 heavy (non-hydrogen) atoms. The van der Waals surface area contributed by atoms with Gasteiger partial charge >= 0.3 is 6.29 Å². The first-order valence-corrected chi connectivity index (χ1v) is 9.60. The van der Waals surface area contributed by atoms with E-state index in [1.807, 2.05) is 19.1 Å². The summed E-state index contributed by atoms with van der Waals surface area (Å²) in [5, 5.41) is 5.75. The molecule has 0 radical (unpaired) electrons. The van der Waals surface area contributed by atoms with Crippen LogP contribution in [0.5, 0.6) is 11.5 Å². The summed E-state index contributed by atoms with van der Waals surface area (Å²) in [7, 11) is 1.75. The third-order valence-corrected chi connectivity index (χ3v) is 4.83. The average molecular weight is 430 g/mol. The molecule has 1 aromatic carbocycles. The number of hydrogen-bond donors (Lipinski definition) is 2. The molecule has 0 fully saturated rings. The van der Waals surface area contributed by atoms with E-state index < -0.39 is 17.6 Å². The molecule has 0 unspecified atom stereocenters. The number of nitrogens with zero attached hydrogens (tertiary/aromatic N) is 2. The van der Waals surface area contributed by atoms with E-state index >= 15 is 0 Å². The molecule has 8 nitrogen and oxygen atoms in total. The van der Waals surface area contributed by atoms with Gasteiger partial charge in [0.25, 0.3) is 5.91 Å². The maximum atomic E-state index is 13.5. The molecule has 0 saturated heterocycles. The molecule has 3 heterocycles. The molecule has 2 N–H and O–H groups in total. The van der Waals surface area contributed by atoms with Gasteiger partial charge in [0.05, 0.1) is 23.1 Å². The zero-order valence-electron chi connectivity index (χ0n) is 16.9.